The number of hydrogen-bond donors (Lipinski definition) is 1. The van der Waals surface area contributed by atoms with Crippen LogP contribution < -0.4 is 0 Å². The molecule has 1 fully saturated rings. The lowest BCUT2D eigenvalue weighted by Crippen LogP contribution is -2.28. The average molecular weight is 293 g/mol. The number of carbonyl (C=O) groups excluding carboxylic acids is 1. The SMILES string of the molecule is Cc1cc(C(=O)O)ccc1CCSN1CCC(=O)CC1. The Hall–Kier alpha value is -1.33. The molecule has 108 valence electrons. The van der Waals surface area contributed by atoms with E-state index in [1.54, 1.807) is 24.1 Å². The van der Waals surface area contributed by atoms with Gasteiger partial charge < -0.3 is 5.11 Å². The third-order valence-electron chi connectivity index (χ3n) is 3.51. The molecule has 0 amide bonds. The van der Waals surface area contributed by atoms with Crippen molar-refractivity contribution >= 4 is 23.7 Å². The molecule has 1 saturated heterocycles. The molecule has 2 rings (SSSR count). The van der Waals surface area contributed by atoms with Gasteiger partial charge in [0.05, 0.1) is 5.56 Å². The number of carboxylic acid groups (broad SMARTS) is 1. The first-order valence-electron chi connectivity index (χ1n) is 6.78. The predicted molar refractivity (Wildman–Crippen MR) is 80.1 cm³/mol. The summed E-state index contributed by atoms with van der Waals surface area (Å²) < 4.78 is 2.25. The number of rotatable bonds is 5. The lowest BCUT2D eigenvalue weighted by Gasteiger charge is -2.24. The molecule has 0 radical (unpaired) electrons. The smallest absolute Gasteiger partial charge is 0.335 e. The number of ketones is 1. The van der Waals surface area contributed by atoms with Gasteiger partial charge >= 0.3 is 5.97 Å². The average Bonchev–Trinajstić information content (AvgIpc) is 2.42. The molecule has 20 heavy (non-hydrogen) atoms. The fourth-order valence-electron chi connectivity index (χ4n) is 2.26. The minimum absolute atomic E-state index is 0.341. The molecule has 1 N–H and O–H groups in total. The fourth-order valence-corrected chi connectivity index (χ4v) is 3.27. The maximum Gasteiger partial charge on any atom is 0.335 e. The van der Waals surface area contributed by atoms with Gasteiger partial charge in [0.15, 0.2) is 0 Å². The van der Waals surface area contributed by atoms with E-state index in [4.69, 9.17) is 5.11 Å². The summed E-state index contributed by atoms with van der Waals surface area (Å²) in [6.07, 6.45) is 2.25. The van der Waals surface area contributed by atoms with Crippen LogP contribution in [0.3, 0.4) is 0 Å². The highest BCUT2D eigenvalue weighted by Crippen LogP contribution is 2.19. The summed E-state index contributed by atoms with van der Waals surface area (Å²) in [5, 5.41) is 8.93. The third-order valence-corrected chi connectivity index (χ3v) is 4.63. The van der Waals surface area contributed by atoms with Gasteiger partial charge in [0.25, 0.3) is 0 Å². The molecule has 1 aliphatic rings. The topological polar surface area (TPSA) is 57.6 Å². The number of aryl methyl sites for hydroxylation is 2. The van der Waals surface area contributed by atoms with Crippen molar-refractivity contribution in [2.75, 3.05) is 18.8 Å². The van der Waals surface area contributed by atoms with Crippen LogP contribution in [0.2, 0.25) is 0 Å². The number of piperidine rings is 1. The van der Waals surface area contributed by atoms with Crippen LogP contribution in [0.25, 0.3) is 0 Å². The van der Waals surface area contributed by atoms with Crippen molar-refractivity contribution in [3.05, 3.63) is 34.9 Å². The summed E-state index contributed by atoms with van der Waals surface area (Å²) in [6.45, 7) is 3.65. The minimum Gasteiger partial charge on any atom is -0.478 e. The quantitative estimate of drug-likeness (QED) is 0.846. The highest BCUT2D eigenvalue weighted by atomic mass is 32.2. The monoisotopic (exact) mass is 293 g/mol. The summed E-state index contributed by atoms with van der Waals surface area (Å²) >= 11 is 1.78. The molecular weight excluding hydrogens is 274 g/mol. The zero-order valence-corrected chi connectivity index (χ0v) is 12.4. The Bertz CT molecular complexity index is 506. The van der Waals surface area contributed by atoms with E-state index >= 15 is 0 Å². The summed E-state index contributed by atoms with van der Waals surface area (Å²) in [5.41, 5.74) is 2.56. The Labute approximate surface area is 123 Å². The molecule has 0 aliphatic carbocycles. The molecule has 1 heterocycles. The summed E-state index contributed by atoms with van der Waals surface area (Å²) in [5.74, 6) is 0.440. The van der Waals surface area contributed by atoms with E-state index in [-0.39, 0.29) is 0 Å². The lowest BCUT2D eigenvalue weighted by molar-refractivity contribution is -0.120. The van der Waals surface area contributed by atoms with E-state index in [0.717, 1.165) is 30.8 Å². The van der Waals surface area contributed by atoms with Crippen LogP contribution in [0.1, 0.15) is 34.3 Å². The van der Waals surface area contributed by atoms with Crippen LogP contribution in [0, 0.1) is 6.92 Å². The minimum atomic E-state index is -0.882. The van der Waals surface area contributed by atoms with Crippen molar-refractivity contribution in [3.63, 3.8) is 0 Å². The van der Waals surface area contributed by atoms with Gasteiger partial charge in [-0.05, 0) is 36.6 Å². The van der Waals surface area contributed by atoms with Gasteiger partial charge in [-0.1, -0.05) is 18.0 Å². The predicted octanol–water partition coefficient (Wildman–Crippen LogP) is 2.55. The number of hydrogen-bond acceptors (Lipinski definition) is 4. The zero-order chi connectivity index (χ0) is 14.5. The molecule has 0 bridgehead atoms. The van der Waals surface area contributed by atoms with Gasteiger partial charge in [-0.25, -0.2) is 9.10 Å². The fraction of sp³-hybridized carbons (Fsp3) is 0.467. The van der Waals surface area contributed by atoms with Crippen LogP contribution in [0.15, 0.2) is 18.2 Å². The zero-order valence-electron chi connectivity index (χ0n) is 11.6. The van der Waals surface area contributed by atoms with E-state index in [0.29, 0.717) is 24.2 Å². The maximum absolute atomic E-state index is 11.2. The Morgan fingerprint density at radius 2 is 2.05 bits per heavy atom. The normalized spacial score (nSPS) is 16.4. The van der Waals surface area contributed by atoms with Crippen molar-refractivity contribution in [1.29, 1.82) is 0 Å². The second-order valence-corrected chi connectivity index (χ2v) is 6.18. The molecule has 0 saturated carbocycles. The number of Topliss-reactive ketones (excluding diaryl/α,β-unsaturated/α-hetero) is 1. The van der Waals surface area contributed by atoms with E-state index in [9.17, 15) is 9.59 Å². The van der Waals surface area contributed by atoms with Crippen molar-refractivity contribution in [1.82, 2.24) is 4.31 Å². The maximum atomic E-state index is 11.2. The number of nitrogens with zero attached hydrogens (tertiary/aromatic N) is 1. The molecule has 1 aromatic rings. The van der Waals surface area contributed by atoms with Gasteiger partial charge in [0.1, 0.15) is 5.78 Å². The van der Waals surface area contributed by atoms with Gasteiger partial charge in [0.2, 0.25) is 0 Å². The summed E-state index contributed by atoms with van der Waals surface area (Å²) in [7, 11) is 0. The van der Waals surface area contributed by atoms with Crippen LogP contribution in [-0.2, 0) is 11.2 Å². The lowest BCUT2D eigenvalue weighted by atomic mass is 10.0. The van der Waals surface area contributed by atoms with E-state index in [2.05, 4.69) is 4.31 Å². The van der Waals surface area contributed by atoms with Crippen LogP contribution in [0.4, 0.5) is 0 Å². The van der Waals surface area contributed by atoms with Crippen molar-refractivity contribution < 1.29 is 14.7 Å². The molecule has 4 nitrogen and oxygen atoms in total. The standard InChI is InChI=1S/C15H19NO3S/c1-11-10-13(15(18)19)3-2-12(11)6-9-20-16-7-4-14(17)5-8-16/h2-3,10H,4-9H2,1H3,(H,18,19). The molecule has 0 spiro atoms. The number of carbonyl (C=O) groups is 2. The third kappa shape index (κ3) is 4.08. The van der Waals surface area contributed by atoms with Crippen LogP contribution >= 0.6 is 11.9 Å². The molecule has 0 atom stereocenters. The van der Waals surface area contributed by atoms with E-state index in [1.807, 2.05) is 13.0 Å². The second kappa shape index (κ2) is 6.90. The first-order valence-corrected chi connectivity index (χ1v) is 7.73. The highest BCUT2D eigenvalue weighted by Gasteiger charge is 2.16. The largest absolute Gasteiger partial charge is 0.478 e. The van der Waals surface area contributed by atoms with Gasteiger partial charge in [-0.15, -0.1) is 0 Å². The Kier molecular flexibility index (Phi) is 5.20. The number of benzene rings is 1. The second-order valence-electron chi connectivity index (χ2n) is 5.00. The Morgan fingerprint density at radius 3 is 2.65 bits per heavy atom. The number of carboxylic acids is 1. The van der Waals surface area contributed by atoms with Gasteiger partial charge in [-0.3, -0.25) is 4.79 Å². The molecular formula is C15H19NO3S. The molecule has 1 aromatic carbocycles. The molecule has 1 aliphatic heterocycles. The molecule has 0 aromatic heterocycles. The van der Waals surface area contributed by atoms with Crippen LogP contribution in [0.5, 0.6) is 0 Å². The number of aromatic carboxylic acids is 1. The Balaban J connectivity index is 1.82. The van der Waals surface area contributed by atoms with Crippen molar-refractivity contribution in [3.8, 4) is 0 Å². The van der Waals surface area contributed by atoms with Crippen molar-refractivity contribution in [2.45, 2.75) is 26.2 Å². The summed E-state index contributed by atoms with van der Waals surface area (Å²) in [6, 6.07) is 5.29. The summed E-state index contributed by atoms with van der Waals surface area (Å²) in [4.78, 5) is 22.0. The van der Waals surface area contributed by atoms with Crippen LogP contribution in [-0.4, -0.2) is 40.0 Å². The van der Waals surface area contributed by atoms with E-state index < -0.39 is 5.97 Å². The van der Waals surface area contributed by atoms with Crippen molar-refractivity contribution in [2.24, 2.45) is 0 Å². The van der Waals surface area contributed by atoms with Gasteiger partial charge in [0, 0.05) is 31.7 Å². The van der Waals surface area contributed by atoms with Gasteiger partial charge in [-0.2, -0.15) is 0 Å². The first kappa shape index (κ1) is 15.1. The van der Waals surface area contributed by atoms with E-state index in [1.165, 1.54) is 5.56 Å². The highest BCUT2D eigenvalue weighted by molar-refractivity contribution is 7.97. The Morgan fingerprint density at radius 1 is 1.35 bits per heavy atom. The molecule has 0 unspecified atom stereocenters. The first-order chi connectivity index (χ1) is 9.56. The molecule has 5 heteroatoms.